The number of alkyl carbamates (subject to hydrolysis) is 1. The number of esters is 3. The van der Waals surface area contributed by atoms with E-state index in [2.05, 4.69) is 16.1 Å². The normalized spacial score (nSPS) is 26.7. The zero-order chi connectivity index (χ0) is 61.5. The predicted molar refractivity (Wildman–Crippen MR) is 307 cm³/mol. The van der Waals surface area contributed by atoms with E-state index in [9.17, 15) is 52.8 Å². The van der Waals surface area contributed by atoms with Gasteiger partial charge < -0.3 is 54.2 Å². The van der Waals surface area contributed by atoms with Crippen LogP contribution in [0.4, 0.5) is 10.5 Å². The summed E-state index contributed by atoms with van der Waals surface area (Å²) < 4.78 is 62.5. The number of amides is 1. The number of nitrogens with zero attached hydrogens (tertiary/aromatic N) is 1. The largest absolute Gasteiger partial charge is 0.497 e. The first-order valence-corrected chi connectivity index (χ1v) is 29.4. The summed E-state index contributed by atoms with van der Waals surface area (Å²) in [6.45, 7) is 13.6. The fourth-order valence-corrected chi connectivity index (χ4v) is 13.8. The SMILES string of the molecule is CC(=O)O[C@@]12CO[C@@H]1C[C@H](O)[C@@]1(C)C(=O)[C@H](O)C3=C(C)[C@@H](OC(=O)[C@H](O)[C@@H](NC(=O)OC(C)(C)C)c4ccccc4)C[C@@](O)([C@@H](OC(=O)c4ccccc4)[C@H]21)C3(C)C.COc1ccc(S(=O)(=O)Nc2cc(-c3csc(C#N)c3)ccc2C)cc1. The van der Waals surface area contributed by atoms with E-state index >= 15 is 0 Å². The van der Waals surface area contributed by atoms with Gasteiger partial charge in [-0.25, -0.2) is 22.8 Å². The molecule has 0 unspecified atom stereocenters. The minimum absolute atomic E-state index is 0.0637. The van der Waals surface area contributed by atoms with Gasteiger partial charge in [0, 0.05) is 25.2 Å². The average molecular weight is 1190 g/mol. The monoisotopic (exact) mass is 1190 g/mol. The highest BCUT2D eigenvalue weighted by Crippen LogP contribution is 2.64. The zero-order valence-corrected chi connectivity index (χ0v) is 49.7. The molecule has 4 aliphatic rings. The highest BCUT2D eigenvalue weighted by molar-refractivity contribution is 7.92. The molecule has 446 valence electrons. The molecule has 3 fully saturated rings. The lowest BCUT2D eigenvalue weighted by atomic mass is 9.44. The van der Waals surface area contributed by atoms with E-state index in [-0.39, 0.29) is 34.6 Å². The molecule has 2 heterocycles. The second kappa shape index (κ2) is 23.9. The molecule has 6 N–H and O–H groups in total. The third-order valence-corrected chi connectivity index (χ3v) is 18.7. The molecule has 2 saturated carbocycles. The number of anilines is 1. The Morgan fingerprint density at radius 2 is 1.54 bits per heavy atom. The Balaban J connectivity index is 0.000000294. The van der Waals surface area contributed by atoms with Gasteiger partial charge in [0.05, 0.1) is 53.3 Å². The summed E-state index contributed by atoms with van der Waals surface area (Å²) in [5, 5.41) is 62.4. The molecule has 1 amide bonds. The third-order valence-electron chi connectivity index (χ3n) is 16.5. The molecule has 4 aromatic carbocycles. The van der Waals surface area contributed by atoms with E-state index < -0.39 is 122 Å². The van der Waals surface area contributed by atoms with Crippen LogP contribution in [0.5, 0.6) is 5.75 Å². The number of aryl methyl sites for hydroxylation is 1. The number of benzene rings is 4. The maximum Gasteiger partial charge on any atom is 0.408 e. The Morgan fingerprint density at radius 1 is 0.893 bits per heavy atom. The molecule has 1 aliphatic heterocycles. The van der Waals surface area contributed by atoms with Gasteiger partial charge in [0.25, 0.3) is 10.0 Å². The number of methoxy groups -OCH3 is 1. The molecular formula is C62H69N3O17S2. The molecule has 0 radical (unpaired) electrons. The number of fused-ring (bicyclic) bond motifs is 5. The van der Waals surface area contributed by atoms with Crippen LogP contribution in [0, 0.1) is 35.0 Å². The number of ether oxygens (including phenoxy) is 6. The van der Waals surface area contributed by atoms with E-state index in [0.29, 0.717) is 21.9 Å². The van der Waals surface area contributed by atoms with Crippen molar-refractivity contribution in [3.05, 3.63) is 147 Å². The zero-order valence-electron chi connectivity index (χ0n) is 48.1. The summed E-state index contributed by atoms with van der Waals surface area (Å²) in [6, 6.07) is 30.3. The van der Waals surface area contributed by atoms with E-state index in [4.69, 9.17) is 33.7 Å². The van der Waals surface area contributed by atoms with Gasteiger partial charge in [-0.05, 0) is 129 Å². The van der Waals surface area contributed by atoms with Gasteiger partial charge in [0.15, 0.2) is 17.5 Å². The van der Waals surface area contributed by atoms with Crippen molar-refractivity contribution in [3.63, 3.8) is 0 Å². The standard InChI is InChI=1S/C43H53NO14.C19H16N2O3S2/c1-22-26(55-37(51)32(48)30(24-15-11-9-12-16-24)44-38(52)58-39(3,4)5)20-43(53)35(56-36(50)25-17-13-10-14-18-25)33-41(8,34(49)31(47)29(22)40(43,6)7)27(46)19-28-42(33,21-54-28)57-23(2)45;1-13-3-4-14(15-9-17(11-20)25-12-15)10-19(13)21-26(22,23)18-7-5-16(24-2)6-8-18/h9-18,26-28,30-33,35,46-48,53H,19-21H2,1-8H3,(H,44,52);3-10,12,21H,1-2H3/t26-,27-,28+,30-,31+,32+,33-,35-,41+,42-,43+;/m0./s1. The topological polar surface area (TPSA) is 304 Å². The number of carbonyl (C=O) groups excluding carboxylic acids is 5. The smallest absolute Gasteiger partial charge is 0.408 e. The summed E-state index contributed by atoms with van der Waals surface area (Å²) in [5.74, 6) is -4.77. The van der Waals surface area contributed by atoms with E-state index in [1.54, 1.807) is 107 Å². The number of aliphatic hydroxyl groups excluding tert-OH is 3. The maximum absolute atomic E-state index is 14.9. The molecule has 9 rings (SSSR count). The number of carbonyl (C=O) groups is 5. The van der Waals surface area contributed by atoms with Crippen LogP contribution < -0.4 is 14.8 Å². The first kappa shape index (κ1) is 62.6. The lowest BCUT2D eigenvalue weighted by molar-refractivity contribution is -0.346. The molecule has 20 nitrogen and oxygen atoms in total. The number of hydrogen-bond donors (Lipinski definition) is 6. The molecule has 2 bridgehead atoms. The lowest BCUT2D eigenvalue weighted by Gasteiger charge is -2.67. The number of nitriles is 1. The summed E-state index contributed by atoms with van der Waals surface area (Å²) >= 11 is 1.36. The average Bonchev–Trinajstić information content (AvgIpc) is 3.77. The van der Waals surface area contributed by atoms with Crippen LogP contribution in [-0.4, -0.2) is 126 Å². The molecule has 3 aliphatic carbocycles. The van der Waals surface area contributed by atoms with Gasteiger partial charge in [-0.3, -0.25) is 14.3 Å². The second-order valence-electron chi connectivity index (χ2n) is 23.2. The van der Waals surface area contributed by atoms with Crippen LogP contribution in [0.25, 0.3) is 11.1 Å². The second-order valence-corrected chi connectivity index (χ2v) is 25.8. The van der Waals surface area contributed by atoms with Crippen molar-refractivity contribution in [1.82, 2.24) is 5.32 Å². The van der Waals surface area contributed by atoms with Gasteiger partial charge in [-0.2, -0.15) is 5.26 Å². The Kier molecular flexibility index (Phi) is 17.8. The first-order valence-electron chi connectivity index (χ1n) is 27.0. The summed E-state index contributed by atoms with van der Waals surface area (Å²) in [5.41, 5.74) is -5.09. The number of nitrogens with one attached hydrogen (secondary N) is 2. The van der Waals surface area contributed by atoms with Crippen molar-refractivity contribution in [2.24, 2.45) is 16.7 Å². The van der Waals surface area contributed by atoms with E-state index in [1.165, 1.54) is 56.6 Å². The van der Waals surface area contributed by atoms with Gasteiger partial charge >= 0.3 is 24.0 Å². The molecular weight excluding hydrogens is 1120 g/mol. The molecule has 22 heteroatoms. The number of hydrogen-bond acceptors (Lipinski definition) is 19. The number of sulfonamides is 1. The van der Waals surface area contributed by atoms with Crippen molar-refractivity contribution >= 4 is 56.8 Å². The maximum atomic E-state index is 14.9. The number of Topliss-reactive ketones (excluding diaryl/α,β-unsaturated/α-hetero) is 1. The quantitative estimate of drug-likeness (QED) is 0.0374. The Bertz CT molecular complexity index is 3500. The van der Waals surface area contributed by atoms with Gasteiger partial charge in [0.1, 0.15) is 52.3 Å². The van der Waals surface area contributed by atoms with Crippen LogP contribution in [0.15, 0.2) is 131 Å². The van der Waals surface area contributed by atoms with Crippen molar-refractivity contribution < 1.29 is 81.2 Å². The molecule has 0 spiro atoms. The molecule has 5 aromatic rings. The molecule has 1 aromatic heterocycles. The lowest BCUT2D eigenvalue weighted by Crippen LogP contribution is -2.81. The van der Waals surface area contributed by atoms with Crippen LogP contribution in [-0.2, 0) is 48.1 Å². The van der Waals surface area contributed by atoms with Gasteiger partial charge in [-0.1, -0.05) is 74.5 Å². The van der Waals surface area contributed by atoms with Crippen LogP contribution in [0.2, 0.25) is 0 Å². The number of aliphatic hydroxyl groups is 4. The Hall–Kier alpha value is -7.49. The fraction of sp³-hybridized carbons (Fsp3) is 0.419. The van der Waals surface area contributed by atoms with E-state index in [1.807, 2.05) is 24.4 Å². The number of ketones is 1. The third kappa shape index (κ3) is 12.0. The van der Waals surface area contributed by atoms with Crippen LogP contribution >= 0.6 is 11.3 Å². The summed E-state index contributed by atoms with van der Waals surface area (Å²) in [4.78, 5) is 69.7. The van der Waals surface area contributed by atoms with Crippen molar-refractivity contribution in [2.45, 2.75) is 140 Å². The highest BCUT2D eigenvalue weighted by Gasteiger charge is 2.78. The molecule has 1 saturated heterocycles. The minimum Gasteiger partial charge on any atom is -0.497 e. The Labute approximate surface area is 491 Å². The van der Waals surface area contributed by atoms with Crippen LogP contribution in [0.3, 0.4) is 0 Å². The fourth-order valence-electron chi connectivity index (χ4n) is 12.0. The highest BCUT2D eigenvalue weighted by atomic mass is 32.2. The number of rotatable bonds is 13. The summed E-state index contributed by atoms with van der Waals surface area (Å²) in [7, 11) is -2.19. The minimum atomic E-state index is -3.71. The van der Waals surface area contributed by atoms with E-state index in [0.717, 1.165) is 23.6 Å². The van der Waals surface area contributed by atoms with Gasteiger partial charge in [0.2, 0.25) is 0 Å². The summed E-state index contributed by atoms with van der Waals surface area (Å²) in [6.07, 6.45) is -11.5. The first-order chi connectivity index (χ1) is 39.4. The van der Waals surface area contributed by atoms with Gasteiger partial charge in [-0.15, -0.1) is 11.3 Å². The Morgan fingerprint density at radius 3 is 2.11 bits per heavy atom. The molecule has 84 heavy (non-hydrogen) atoms. The molecule has 11 atom stereocenters. The number of thiophene rings is 1. The predicted octanol–water partition coefficient (Wildman–Crippen LogP) is 7.66. The van der Waals surface area contributed by atoms with Crippen molar-refractivity contribution in [1.29, 1.82) is 5.26 Å². The van der Waals surface area contributed by atoms with Crippen molar-refractivity contribution in [3.8, 4) is 22.9 Å². The van der Waals surface area contributed by atoms with Crippen molar-refractivity contribution in [2.75, 3.05) is 18.4 Å². The van der Waals surface area contributed by atoms with Crippen LogP contribution in [0.1, 0.15) is 101 Å².